The van der Waals surface area contributed by atoms with E-state index in [-0.39, 0.29) is 17.9 Å². The number of rotatable bonds is 13. The molecule has 1 unspecified atom stereocenters. The molecule has 0 heterocycles. The standard InChI is InChI=1S/C21H38N2O3/c1-4-18(24)12-6-5-7-13-19(23-20(25)15-14-16(2)3)21(26)22-17-10-8-9-11-17/h16-17,19H,4-15H2,1-3H3,(H,22,26)(H,23,25). The first-order valence-corrected chi connectivity index (χ1v) is 10.5. The highest BCUT2D eigenvalue weighted by Gasteiger charge is 2.24. The lowest BCUT2D eigenvalue weighted by atomic mass is 10.0. The van der Waals surface area contributed by atoms with E-state index in [1.807, 2.05) is 6.92 Å². The van der Waals surface area contributed by atoms with Crippen LogP contribution in [-0.4, -0.2) is 29.7 Å². The first-order chi connectivity index (χ1) is 12.4. The molecule has 1 aliphatic carbocycles. The number of Topliss-reactive ketones (excluding diaryl/α,β-unsaturated/α-hetero) is 1. The summed E-state index contributed by atoms with van der Waals surface area (Å²) in [5, 5.41) is 6.05. The lowest BCUT2D eigenvalue weighted by Crippen LogP contribution is -2.49. The molecule has 0 aromatic heterocycles. The Morgan fingerprint density at radius 1 is 0.962 bits per heavy atom. The Labute approximate surface area is 159 Å². The summed E-state index contributed by atoms with van der Waals surface area (Å²) in [6.45, 7) is 6.07. The van der Waals surface area contributed by atoms with Gasteiger partial charge in [0.05, 0.1) is 0 Å². The van der Waals surface area contributed by atoms with Crippen molar-refractivity contribution in [3.05, 3.63) is 0 Å². The number of hydrogen-bond donors (Lipinski definition) is 2. The van der Waals surface area contributed by atoms with Crippen LogP contribution in [0.2, 0.25) is 0 Å². The number of hydrogen-bond acceptors (Lipinski definition) is 3. The van der Waals surface area contributed by atoms with Crippen molar-refractivity contribution in [3.63, 3.8) is 0 Å². The van der Waals surface area contributed by atoms with Crippen LogP contribution in [0.1, 0.15) is 97.8 Å². The van der Waals surface area contributed by atoms with Gasteiger partial charge in [0.1, 0.15) is 11.8 Å². The van der Waals surface area contributed by atoms with Crippen LogP contribution in [-0.2, 0) is 14.4 Å². The monoisotopic (exact) mass is 366 g/mol. The fourth-order valence-corrected chi connectivity index (χ4v) is 3.35. The molecule has 0 radical (unpaired) electrons. The molecule has 0 spiro atoms. The number of unbranched alkanes of at least 4 members (excludes halogenated alkanes) is 2. The predicted octanol–water partition coefficient (Wildman–Crippen LogP) is 3.90. The van der Waals surface area contributed by atoms with E-state index in [9.17, 15) is 14.4 Å². The molecule has 26 heavy (non-hydrogen) atoms. The molecule has 0 aromatic carbocycles. The fraction of sp³-hybridized carbons (Fsp3) is 0.857. The maximum atomic E-state index is 12.6. The van der Waals surface area contributed by atoms with Gasteiger partial charge in [-0.3, -0.25) is 14.4 Å². The summed E-state index contributed by atoms with van der Waals surface area (Å²) in [4.78, 5) is 36.2. The van der Waals surface area contributed by atoms with Gasteiger partial charge in [0.15, 0.2) is 0 Å². The minimum absolute atomic E-state index is 0.0357. The van der Waals surface area contributed by atoms with Gasteiger partial charge in [0.25, 0.3) is 0 Å². The molecular formula is C21H38N2O3. The van der Waals surface area contributed by atoms with Gasteiger partial charge in [-0.2, -0.15) is 0 Å². The van der Waals surface area contributed by atoms with Gasteiger partial charge >= 0.3 is 0 Å². The number of nitrogens with one attached hydrogen (secondary N) is 2. The van der Waals surface area contributed by atoms with Crippen LogP contribution in [0.15, 0.2) is 0 Å². The van der Waals surface area contributed by atoms with Gasteiger partial charge in [-0.1, -0.05) is 46.5 Å². The SMILES string of the molecule is CCC(=O)CCCCCC(NC(=O)CCC(C)C)C(=O)NC1CCCC1. The largest absolute Gasteiger partial charge is 0.352 e. The summed E-state index contributed by atoms with van der Waals surface area (Å²) in [6, 6.07) is -0.183. The van der Waals surface area contributed by atoms with E-state index in [2.05, 4.69) is 24.5 Å². The zero-order valence-corrected chi connectivity index (χ0v) is 16.9. The van der Waals surface area contributed by atoms with Gasteiger partial charge < -0.3 is 10.6 Å². The number of amides is 2. The molecule has 0 saturated heterocycles. The second-order valence-electron chi connectivity index (χ2n) is 8.03. The highest BCUT2D eigenvalue weighted by Crippen LogP contribution is 2.18. The summed E-state index contributed by atoms with van der Waals surface area (Å²) in [7, 11) is 0. The summed E-state index contributed by atoms with van der Waals surface area (Å²) in [5.41, 5.74) is 0. The second kappa shape index (κ2) is 12.9. The minimum atomic E-state index is -0.447. The van der Waals surface area contributed by atoms with E-state index in [1.165, 1.54) is 12.8 Å². The van der Waals surface area contributed by atoms with Crippen LogP contribution in [0.3, 0.4) is 0 Å². The third-order valence-electron chi connectivity index (χ3n) is 5.14. The molecule has 150 valence electrons. The molecule has 1 saturated carbocycles. The van der Waals surface area contributed by atoms with Crippen molar-refractivity contribution < 1.29 is 14.4 Å². The summed E-state index contributed by atoms with van der Waals surface area (Å²) in [5.74, 6) is 0.691. The highest BCUT2D eigenvalue weighted by atomic mass is 16.2. The fourth-order valence-electron chi connectivity index (χ4n) is 3.35. The normalized spacial score (nSPS) is 15.8. The molecule has 1 rings (SSSR count). The van der Waals surface area contributed by atoms with E-state index in [0.717, 1.165) is 38.5 Å². The van der Waals surface area contributed by atoms with Gasteiger partial charge in [-0.15, -0.1) is 0 Å². The Bertz CT molecular complexity index is 443. The topological polar surface area (TPSA) is 75.3 Å². The van der Waals surface area contributed by atoms with Crippen molar-refractivity contribution in [2.45, 2.75) is 110 Å². The highest BCUT2D eigenvalue weighted by molar-refractivity contribution is 5.87. The van der Waals surface area contributed by atoms with Crippen LogP contribution < -0.4 is 10.6 Å². The van der Waals surface area contributed by atoms with Crippen molar-refractivity contribution in [2.75, 3.05) is 0 Å². The molecule has 0 aromatic rings. The van der Waals surface area contributed by atoms with E-state index < -0.39 is 6.04 Å². The first kappa shape index (κ1) is 22.7. The van der Waals surface area contributed by atoms with Crippen molar-refractivity contribution in [1.82, 2.24) is 10.6 Å². The average molecular weight is 367 g/mol. The van der Waals surface area contributed by atoms with Crippen LogP contribution in [0.4, 0.5) is 0 Å². The zero-order chi connectivity index (χ0) is 19.4. The van der Waals surface area contributed by atoms with E-state index in [1.54, 1.807) is 0 Å². The Morgan fingerprint density at radius 2 is 1.65 bits per heavy atom. The molecule has 2 amide bonds. The van der Waals surface area contributed by atoms with E-state index in [0.29, 0.717) is 37.4 Å². The maximum Gasteiger partial charge on any atom is 0.242 e. The lowest BCUT2D eigenvalue weighted by Gasteiger charge is -2.21. The Balaban J connectivity index is 2.44. The molecule has 5 heteroatoms. The van der Waals surface area contributed by atoms with Crippen molar-refractivity contribution in [2.24, 2.45) is 5.92 Å². The van der Waals surface area contributed by atoms with Gasteiger partial charge in [0, 0.05) is 25.3 Å². The Kier molecular flexibility index (Phi) is 11.2. The number of carbonyl (C=O) groups is 3. The zero-order valence-electron chi connectivity index (χ0n) is 16.9. The number of ketones is 1. The Morgan fingerprint density at radius 3 is 2.27 bits per heavy atom. The minimum Gasteiger partial charge on any atom is -0.352 e. The van der Waals surface area contributed by atoms with Crippen LogP contribution >= 0.6 is 0 Å². The third kappa shape index (κ3) is 9.93. The summed E-state index contributed by atoms with van der Waals surface area (Å²) in [6.07, 6.45) is 10.2. The molecular weight excluding hydrogens is 328 g/mol. The van der Waals surface area contributed by atoms with Crippen molar-refractivity contribution in [1.29, 1.82) is 0 Å². The van der Waals surface area contributed by atoms with E-state index >= 15 is 0 Å². The maximum absolute atomic E-state index is 12.6. The molecule has 0 aliphatic heterocycles. The predicted molar refractivity (Wildman–Crippen MR) is 105 cm³/mol. The van der Waals surface area contributed by atoms with Crippen LogP contribution in [0, 0.1) is 5.92 Å². The molecule has 1 aliphatic rings. The summed E-state index contributed by atoms with van der Waals surface area (Å²) < 4.78 is 0. The van der Waals surface area contributed by atoms with Gasteiger partial charge in [-0.05, 0) is 38.0 Å². The Hall–Kier alpha value is -1.39. The second-order valence-corrected chi connectivity index (χ2v) is 8.03. The van der Waals surface area contributed by atoms with Crippen molar-refractivity contribution >= 4 is 17.6 Å². The molecule has 0 bridgehead atoms. The molecule has 1 atom stereocenters. The first-order valence-electron chi connectivity index (χ1n) is 10.5. The van der Waals surface area contributed by atoms with Crippen LogP contribution in [0.25, 0.3) is 0 Å². The molecule has 1 fully saturated rings. The summed E-state index contributed by atoms with van der Waals surface area (Å²) >= 11 is 0. The average Bonchev–Trinajstić information content (AvgIpc) is 3.11. The van der Waals surface area contributed by atoms with Crippen LogP contribution in [0.5, 0.6) is 0 Å². The number of carbonyl (C=O) groups excluding carboxylic acids is 3. The van der Waals surface area contributed by atoms with Crippen molar-refractivity contribution in [3.8, 4) is 0 Å². The van der Waals surface area contributed by atoms with Gasteiger partial charge in [0.2, 0.25) is 11.8 Å². The van der Waals surface area contributed by atoms with E-state index in [4.69, 9.17) is 0 Å². The molecule has 2 N–H and O–H groups in total. The third-order valence-corrected chi connectivity index (χ3v) is 5.14. The smallest absolute Gasteiger partial charge is 0.242 e. The van der Waals surface area contributed by atoms with Gasteiger partial charge in [-0.25, -0.2) is 0 Å². The molecule has 5 nitrogen and oxygen atoms in total. The quantitative estimate of drug-likeness (QED) is 0.486. The lowest BCUT2D eigenvalue weighted by molar-refractivity contribution is -0.129.